The minimum Gasteiger partial charge on any atom is -0.462 e. The van der Waals surface area contributed by atoms with Gasteiger partial charge in [0.05, 0.1) is 25.3 Å². The van der Waals surface area contributed by atoms with Crippen molar-refractivity contribution < 1.29 is 32.6 Å². The summed E-state index contributed by atoms with van der Waals surface area (Å²) in [6.45, 7) is 3.09. The highest BCUT2D eigenvalue weighted by Gasteiger charge is 2.33. The van der Waals surface area contributed by atoms with Crippen LogP contribution in [0.2, 0.25) is 0 Å². The first-order chi connectivity index (χ1) is 18.6. The molecular formula is C27H30F2N4O5S. The molecule has 3 amide bonds. The molecule has 2 aromatic carbocycles. The van der Waals surface area contributed by atoms with Gasteiger partial charge in [-0.25, -0.2) is 23.2 Å². The Bertz CT molecular complexity index is 1320. The Morgan fingerprint density at radius 1 is 0.923 bits per heavy atom. The van der Waals surface area contributed by atoms with Gasteiger partial charge in [-0.2, -0.15) is 0 Å². The van der Waals surface area contributed by atoms with Crippen LogP contribution in [0.15, 0.2) is 42.5 Å². The maximum absolute atomic E-state index is 14.7. The highest BCUT2D eigenvalue weighted by atomic mass is 32.1. The molecule has 0 radical (unpaired) electrons. The third-order valence-corrected chi connectivity index (χ3v) is 6.77. The highest BCUT2D eigenvalue weighted by Crippen LogP contribution is 2.44. The van der Waals surface area contributed by atoms with Crippen LogP contribution in [-0.2, 0) is 22.6 Å². The van der Waals surface area contributed by atoms with E-state index in [4.69, 9.17) is 15.2 Å². The number of hydrogen-bond donors (Lipinski definition) is 2. The predicted molar refractivity (Wildman–Crippen MR) is 146 cm³/mol. The van der Waals surface area contributed by atoms with Crippen molar-refractivity contribution in [3.05, 3.63) is 70.8 Å². The number of esters is 1. The number of ether oxygens (including phenoxy) is 2. The van der Waals surface area contributed by atoms with Crippen LogP contribution >= 0.6 is 11.3 Å². The van der Waals surface area contributed by atoms with Gasteiger partial charge in [-0.1, -0.05) is 18.2 Å². The summed E-state index contributed by atoms with van der Waals surface area (Å²) in [5.74, 6) is -2.38. The summed E-state index contributed by atoms with van der Waals surface area (Å²) >= 11 is 1.09. The molecule has 1 aromatic heterocycles. The summed E-state index contributed by atoms with van der Waals surface area (Å²) < 4.78 is 39.9. The number of nitrogens with zero attached hydrogens (tertiary/aromatic N) is 2. The summed E-state index contributed by atoms with van der Waals surface area (Å²) in [6, 6.07) is 9.41. The number of nitrogens with two attached hydrogens (primary N) is 1. The van der Waals surface area contributed by atoms with Crippen LogP contribution in [-0.4, -0.2) is 50.3 Å². The first kappa shape index (κ1) is 29.5. The van der Waals surface area contributed by atoms with Crippen molar-refractivity contribution in [1.82, 2.24) is 4.90 Å². The molecule has 208 valence electrons. The number of hydrogen-bond acceptors (Lipinski definition) is 7. The Kier molecular flexibility index (Phi) is 9.96. The number of urea groups is 1. The fourth-order valence-corrected chi connectivity index (χ4v) is 5.16. The van der Waals surface area contributed by atoms with E-state index in [1.54, 1.807) is 38.1 Å². The van der Waals surface area contributed by atoms with Crippen molar-refractivity contribution >= 4 is 40.1 Å². The van der Waals surface area contributed by atoms with Gasteiger partial charge in [0.25, 0.3) is 0 Å². The van der Waals surface area contributed by atoms with Crippen molar-refractivity contribution in [2.45, 2.75) is 26.9 Å². The minimum absolute atomic E-state index is 0.000932. The Labute approximate surface area is 229 Å². The van der Waals surface area contributed by atoms with Gasteiger partial charge in [-0.3, -0.25) is 4.90 Å². The number of halogens is 2. The minimum atomic E-state index is -0.879. The van der Waals surface area contributed by atoms with Crippen LogP contribution in [0.3, 0.4) is 0 Å². The van der Waals surface area contributed by atoms with E-state index in [9.17, 15) is 23.2 Å². The first-order valence-corrected chi connectivity index (χ1v) is 12.9. The molecule has 0 saturated carbocycles. The zero-order valence-corrected chi connectivity index (χ0v) is 22.9. The monoisotopic (exact) mass is 560 g/mol. The number of anilines is 2. The summed E-state index contributed by atoms with van der Waals surface area (Å²) in [4.78, 5) is 41.3. The number of thiophene rings is 1. The largest absolute Gasteiger partial charge is 0.462 e. The van der Waals surface area contributed by atoms with Crippen LogP contribution in [0.1, 0.15) is 35.3 Å². The Balaban J connectivity index is 2.27. The quantitative estimate of drug-likeness (QED) is 0.313. The number of rotatable bonds is 10. The molecule has 0 bridgehead atoms. The van der Waals surface area contributed by atoms with E-state index in [0.717, 1.165) is 28.4 Å². The van der Waals surface area contributed by atoms with Gasteiger partial charge in [-0.15, -0.1) is 11.3 Å². The zero-order valence-electron chi connectivity index (χ0n) is 22.0. The molecule has 0 fully saturated rings. The van der Waals surface area contributed by atoms with Gasteiger partial charge in [0.15, 0.2) is 0 Å². The predicted octanol–water partition coefficient (Wildman–Crippen LogP) is 5.59. The number of amides is 3. The first-order valence-electron chi connectivity index (χ1n) is 12.1. The SMILES string of the molecule is CCOC(=O)c1c(N(Cc2c(F)cccc2F)C(=O)OCC)sc(-c2ccc(NC(N)=O)cc2)c1CN(C)C. The molecule has 3 N–H and O–H groups in total. The van der Waals surface area contributed by atoms with Crippen LogP contribution in [0.4, 0.5) is 29.1 Å². The van der Waals surface area contributed by atoms with Crippen LogP contribution in [0, 0.1) is 11.6 Å². The van der Waals surface area contributed by atoms with Gasteiger partial charge in [0, 0.05) is 28.2 Å². The van der Waals surface area contributed by atoms with E-state index in [1.807, 2.05) is 19.0 Å². The van der Waals surface area contributed by atoms with Gasteiger partial charge in [0.2, 0.25) is 0 Å². The summed E-state index contributed by atoms with van der Waals surface area (Å²) in [7, 11) is 3.63. The number of nitrogens with one attached hydrogen (secondary N) is 1. The van der Waals surface area contributed by atoms with Gasteiger partial charge >= 0.3 is 18.1 Å². The maximum Gasteiger partial charge on any atom is 0.415 e. The summed E-state index contributed by atoms with van der Waals surface area (Å²) in [5, 5.41) is 2.61. The van der Waals surface area contributed by atoms with Crippen molar-refractivity contribution in [2.75, 3.05) is 37.5 Å². The number of carbonyl (C=O) groups is 3. The average molecular weight is 561 g/mol. The average Bonchev–Trinajstić information content (AvgIpc) is 3.22. The molecule has 0 saturated heterocycles. The topological polar surface area (TPSA) is 114 Å². The molecule has 0 aliphatic heterocycles. The Hall–Kier alpha value is -4.03. The van der Waals surface area contributed by atoms with Crippen LogP contribution in [0.25, 0.3) is 10.4 Å². The lowest BCUT2D eigenvalue weighted by Gasteiger charge is -2.22. The van der Waals surface area contributed by atoms with Crippen molar-refractivity contribution in [3.63, 3.8) is 0 Å². The molecule has 0 unspecified atom stereocenters. The molecule has 39 heavy (non-hydrogen) atoms. The molecule has 12 heteroatoms. The molecular weight excluding hydrogens is 530 g/mol. The molecule has 9 nitrogen and oxygen atoms in total. The van der Waals surface area contributed by atoms with E-state index in [-0.39, 0.29) is 35.9 Å². The van der Waals surface area contributed by atoms with Crippen molar-refractivity contribution in [3.8, 4) is 10.4 Å². The number of benzene rings is 2. The Morgan fingerprint density at radius 3 is 2.08 bits per heavy atom. The van der Waals surface area contributed by atoms with Crippen molar-refractivity contribution in [1.29, 1.82) is 0 Å². The molecule has 0 spiro atoms. The van der Waals surface area contributed by atoms with E-state index in [2.05, 4.69) is 5.32 Å². The fourth-order valence-electron chi connectivity index (χ4n) is 3.87. The normalized spacial score (nSPS) is 10.8. The maximum atomic E-state index is 14.7. The Morgan fingerprint density at radius 2 is 1.54 bits per heavy atom. The van der Waals surface area contributed by atoms with E-state index in [0.29, 0.717) is 21.7 Å². The second-order valence-corrected chi connectivity index (χ2v) is 9.60. The fraction of sp³-hybridized carbons (Fsp3) is 0.296. The summed E-state index contributed by atoms with van der Waals surface area (Å²) in [5.41, 5.74) is 6.63. The van der Waals surface area contributed by atoms with E-state index in [1.165, 1.54) is 6.07 Å². The van der Waals surface area contributed by atoms with Crippen LogP contribution in [0.5, 0.6) is 0 Å². The second-order valence-electron chi connectivity index (χ2n) is 8.60. The highest BCUT2D eigenvalue weighted by molar-refractivity contribution is 7.20. The third-order valence-electron chi connectivity index (χ3n) is 5.47. The third kappa shape index (κ3) is 7.09. The molecule has 0 aliphatic rings. The summed E-state index contributed by atoms with van der Waals surface area (Å²) in [6.07, 6.45) is -0.879. The smallest absolute Gasteiger partial charge is 0.415 e. The van der Waals surface area contributed by atoms with Gasteiger partial charge in [0.1, 0.15) is 16.6 Å². The molecule has 0 atom stereocenters. The molecule has 3 aromatic rings. The standard InChI is InChI=1S/C27H30F2N4O5S/c1-5-37-25(34)22-19(14-32(3)4)23(16-10-12-17(13-11-16)31-26(30)35)39-24(22)33(27(36)38-6-2)15-18-20(28)8-7-9-21(18)29/h7-13H,5-6,14-15H2,1-4H3,(H3,30,31,35). The van der Waals surface area contributed by atoms with E-state index < -0.39 is 36.3 Å². The van der Waals surface area contributed by atoms with Crippen molar-refractivity contribution in [2.24, 2.45) is 5.73 Å². The van der Waals surface area contributed by atoms with Crippen LogP contribution < -0.4 is 16.0 Å². The van der Waals surface area contributed by atoms with E-state index >= 15 is 0 Å². The van der Waals surface area contributed by atoms with Gasteiger partial charge < -0.3 is 25.4 Å². The lowest BCUT2D eigenvalue weighted by Crippen LogP contribution is -2.32. The zero-order chi connectivity index (χ0) is 28.7. The number of primary amides is 1. The lowest BCUT2D eigenvalue weighted by molar-refractivity contribution is 0.0526. The number of carbonyl (C=O) groups excluding carboxylic acids is 3. The second kappa shape index (κ2) is 13.2. The molecule has 0 aliphatic carbocycles. The molecule has 3 rings (SSSR count). The lowest BCUT2D eigenvalue weighted by atomic mass is 10.0. The molecule has 1 heterocycles. The van der Waals surface area contributed by atoms with Gasteiger partial charge in [-0.05, 0) is 57.8 Å².